The molecule has 0 heterocycles. The normalized spacial score (nSPS) is 10.3. The minimum atomic E-state index is -0.387. The molecule has 5 heteroatoms. The molecule has 0 aliphatic rings. The summed E-state index contributed by atoms with van der Waals surface area (Å²) in [6, 6.07) is 13.6. The predicted molar refractivity (Wildman–Crippen MR) is 87.9 cm³/mol. The van der Waals surface area contributed by atoms with Crippen LogP contribution in [-0.2, 0) is 4.74 Å². The highest BCUT2D eigenvalue weighted by molar-refractivity contribution is 6.04. The van der Waals surface area contributed by atoms with E-state index in [4.69, 9.17) is 4.74 Å². The summed E-state index contributed by atoms with van der Waals surface area (Å²) in [7, 11) is 2.91. The van der Waals surface area contributed by atoms with Crippen LogP contribution in [-0.4, -0.2) is 26.0 Å². The summed E-state index contributed by atoms with van der Waals surface area (Å²) in [5.41, 5.74) is 1.80. The summed E-state index contributed by atoms with van der Waals surface area (Å²) in [6.45, 7) is 0. The van der Waals surface area contributed by atoms with Crippen molar-refractivity contribution < 1.29 is 19.1 Å². The van der Waals surface area contributed by atoms with E-state index in [0.29, 0.717) is 16.9 Å². The van der Waals surface area contributed by atoms with Crippen LogP contribution in [0, 0.1) is 0 Å². The van der Waals surface area contributed by atoms with E-state index in [9.17, 15) is 9.59 Å². The lowest BCUT2D eigenvalue weighted by Gasteiger charge is -2.03. The smallest absolute Gasteiger partial charge is 0.337 e. The van der Waals surface area contributed by atoms with Gasteiger partial charge < -0.3 is 14.8 Å². The Morgan fingerprint density at radius 1 is 0.913 bits per heavy atom. The molecule has 118 valence electrons. The fourth-order valence-electron chi connectivity index (χ4n) is 1.89. The third kappa shape index (κ3) is 4.44. The summed E-state index contributed by atoms with van der Waals surface area (Å²) < 4.78 is 9.68. The number of methoxy groups -OCH3 is 2. The van der Waals surface area contributed by atoms with E-state index in [0.717, 1.165) is 5.69 Å². The molecular weight excluding hydrogens is 294 g/mol. The number of allylic oxidation sites excluding steroid dienone is 1. The van der Waals surface area contributed by atoms with E-state index in [1.807, 2.05) is 0 Å². The zero-order valence-corrected chi connectivity index (χ0v) is 12.9. The van der Waals surface area contributed by atoms with Gasteiger partial charge in [-0.25, -0.2) is 4.79 Å². The second-order valence-electron chi connectivity index (χ2n) is 4.64. The van der Waals surface area contributed by atoms with Gasteiger partial charge in [-0.05, 0) is 48.5 Å². The average molecular weight is 311 g/mol. The molecule has 2 aromatic carbocycles. The number of ether oxygens (including phenoxy) is 2. The Balaban J connectivity index is 1.95. The zero-order chi connectivity index (χ0) is 16.7. The maximum absolute atomic E-state index is 12.0. The minimum absolute atomic E-state index is 0.119. The molecule has 0 saturated heterocycles. The van der Waals surface area contributed by atoms with Crippen molar-refractivity contribution in [2.45, 2.75) is 0 Å². The van der Waals surface area contributed by atoms with E-state index < -0.39 is 0 Å². The van der Waals surface area contributed by atoms with Gasteiger partial charge in [0.15, 0.2) is 5.78 Å². The number of rotatable bonds is 6. The van der Waals surface area contributed by atoms with Gasteiger partial charge in [0.1, 0.15) is 5.75 Å². The highest BCUT2D eigenvalue weighted by Crippen LogP contribution is 2.13. The van der Waals surface area contributed by atoms with Gasteiger partial charge >= 0.3 is 5.97 Å². The van der Waals surface area contributed by atoms with Gasteiger partial charge in [0, 0.05) is 23.5 Å². The van der Waals surface area contributed by atoms with Gasteiger partial charge in [0.2, 0.25) is 0 Å². The zero-order valence-electron chi connectivity index (χ0n) is 12.9. The summed E-state index contributed by atoms with van der Waals surface area (Å²) >= 11 is 0. The van der Waals surface area contributed by atoms with Crippen molar-refractivity contribution in [2.75, 3.05) is 19.5 Å². The summed E-state index contributed by atoms with van der Waals surface area (Å²) in [6.07, 6.45) is 3.00. The molecule has 23 heavy (non-hydrogen) atoms. The Bertz CT molecular complexity index is 703. The van der Waals surface area contributed by atoms with E-state index in [1.54, 1.807) is 61.8 Å². The van der Waals surface area contributed by atoms with Gasteiger partial charge in [-0.2, -0.15) is 0 Å². The van der Waals surface area contributed by atoms with Crippen molar-refractivity contribution >= 4 is 17.4 Å². The monoisotopic (exact) mass is 311 g/mol. The molecule has 1 N–H and O–H groups in total. The number of hydrogen-bond donors (Lipinski definition) is 1. The van der Waals surface area contributed by atoms with Crippen LogP contribution < -0.4 is 10.1 Å². The maximum Gasteiger partial charge on any atom is 0.337 e. The van der Waals surface area contributed by atoms with Gasteiger partial charge in [-0.15, -0.1) is 0 Å². The molecule has 0 aliphatic carbocycles. The number of nitrogens with one attached hydrogen (secondary N) is 1. The number of benzene rings is 2. The number of carbonyl (C=O) groups excluding carboxylic acids is 2. The lowest BCUT2D eigenvalue weighted by atomic mass is 10.1. The van der Waals surface area contributed by atoms with Crippen LogP contribution in [0.2, 0.25) is 0 Å². The Morgan fingerprint density at radius 2 is 1.52 bits per heavy atom. The van der Waals surface area contributed by atoms with Gasteiger partial charge in [0.25, 0.3) is 0 Å². The number of carbonyl (C=O) groups is 2. The first-order valence-corrected chi connectivity index (χ1v) is 6.94. The molecule has 0 radical (unpaired) electrons. The molecule has 5 nitrogen and oxygen atoms in total. The average Bonchev–Trinajstić information content (AvgIpc) is 2.61. The topological polar surface area (TPSA) is 64.6 Å². The van der Waals surface area contributed by atoms with E-state index in [1.165, 1.54) is 13.2 Å². The molecule has 0 amide bonds. The molecule has 2 rings (SSSR count). The molecule has 0 saturated carbocycles. The molecule has 0 spiro atoms. The highest BCUT2D eigenvalue weighted by atomic mass is 16.5. The molecule has 0 unspecified atom stereocenters. The molecule has 2 aromatic rings. The quantitative estimate of drug-likeness (QED) is 0.504. The fourth-order valence-corrected chi connectivity index (χ4v) is 1.89. The van der Waals surface area contributed by atoms with Crippen LogP contribution in [0.5, 0.6) is 5.75 Å². The number of hydrogen-bond acceptors (Lipinski definition) is 5. The molecule has 0 fully saturated rings. The third-order valence-electron chi connectivity index (χ3n) is 3.17. The van der Waals surface area contributed by atoms with Crippen LogP contribution in [0.3, 0.4) is 0 Å². The lowest BCUT2D eigenvalue weighted by Crippen LogP contribution is -2.01. The van der Waals surface area contributed by atoms with Crippen LogP contribution >= 0.6 is 0 Å². The Labute approximate surface area is 134 Å². The van der Waals surface area contributed by atoms with Gasteiger partial charge in [-0.1, -0.05) is 0 Å². The molecular formula is C18H17NO4. The largest absolute Gasteiger partial charge is 0.497 e. The van der Waals surface area contributed by atoms with Crippen LogP contribution in [0.1, 0.15) is 20.7 Å². The number of esters is 1. The Hall–Kier alpha value is -3.08. The molecule has 0 aromatic heterocycles. The summed E-state index contributed by atoms with van der Waals surface area (Å²) in [5.74, 6) is 0.197. The van der Waals surface area contributed by atoms with E-state index >= 15 is 0 Å². The molecule has 0 atom stereocenters. The van der Waals surface area contributed by atoms with Crippen LogP contribution in [0.4, 0.5) is 5.69 Å². The SMILES string of the molecule is COC(=O)c1ccc(N/C=C/C(=O)c2ccc(OC)cc2)cc1. The van der Waals surface area contributed by atoms with Crippen molar-refractivity contribution in [2.24, 2.45) is 0 Å². The van der Waals surface area contributed by atoms with Crippen LogP contribution in [0.15, 0.2) is 60.8 Å². The van der Waals surface area contributed by atoms with Gasteiger partial charge in [-0.3, -0.25) is 4.79 Å². The van der Waals surface area contributed by atoms with Crippen molar-refractivity contribution in [3.63, 3.8) is 0 Å². The van der Waals surface area contributed by atoms with Crippen molar-refractivity contribution in [1.29, 1.82) is 0 Å². The Morgan fingerprint density at radius 3 is 2.09 bits per heavy atom. The fraction of sp³-hybridized carbons (Fsp3) is 0.111. The summed E-state index contributed by atoms with van der Waals surface area (Å²) in [4.78, 5) is 23.3. The first-order valence-electron chi connectivity index (χ1n) is 6.94. The van der Waals surface area contributed by atoms with Crippen LogP contribution in [0.25, 0.3) is 0 Å². The maximum atomic E-state index is 12.0. The number of ketones is 1. The lowest BCUT2D eigenvalue weighted by molar-refractivity contribution is 0.0600. The van der Waals surface area contributed by atoms with E-state index in [2.05, 4.69) is 10.1 Å². The van der Waals surface area contributed by atoms with Crippen molar-refractivity contribution in [1.82, 2.24) is 0 Å². The van der Waals surface area contributed by atoms with E-state index in [-0.39, 0.29) is 11.8 Å². The first-order chi connectivity index (χ1) is 11.1. The highest BCUT2D eigenvalue weighted by Gasteiger charge is 2.04. The Kier molecular flexibility index (Phi) is 5.52. The third-order valence-corrected chi connectivity index (χ3v) is 3.17. The van der Waals surface area contributed by atoms with Crippen molar-refractivity contribution in [3.8, 4) is 5.75 Å². The standard InChI is InChI=1S/C18H17NO4/c1-22-16-9-5-13(6-10-16)17(20)11-12-19-15-7-3-14(4-8-15)18(21)23-2/h3-12,19H,1-2H3/b12-11+. The second kappa shape index (κ2) is 7.79. The second-order valence-corrected chi connectivity index (χ2v) is 4.64. The molecule has 0 bridgehead atoms. The van der Waals surface area contributed by atoms with Crippen molar-refractivity contribution in [3.05, 3.63) is 71.9 Å². The van der Waals surface area contributed by atoms with Gasteiger partial charge in [0.05, 0.1) is 19.8 Å². The predicted octanol–water partition coefficient (Wildman–Crippen LogP) is 3.29. The summed E-state index contributed by atoms with van der Waals surface area (Å²) in [5, 5.41) is 2.97. The minimum Gasteiger partial charge on any atom is -0.497 e. The number of anilines is 1. The molecule has 0 aliphatic heterocycles. The first kappa shape index (κ1) is 16.3.